The molecule has 2 heterocycles. The summed E-state index contributed by atoms with van der Waals surface area (Å²) in [6, 6.07) is 7.63. The fourth-order valence-electron chi connectivity index (χ4n) is 2.85. The van der Waals surface area contributed by atoms with Crippen LogP contribution in [0.4, 0.5) is 24.7 Å². The van der Waals surface area contributed by atoms with Crippen LogP contribution in [0.1, 0.15) is 16.1 Å². The number of carboxylic acids is 1. The van der Waals surface area contributed by atoms with E-state index >= 15 is 0 Å². The molecule has 0 atom stereocenters. The molecule has 0 aliphatic rings. The highest BCUT2D eigenvalue weighted by molar-refractivity contribution is 6.76. The van der Waals surface area contributed by atoms with Gasteiger partial charge in [0.2, 0.25) is 0 Å². The van der Waals surface area contributed by atoms with Gasteiger partial charge in [-0.2, -0.15) is 13.2 Å². The smallest absolute Gasteiger partial charge is 0.433 e. The van der Waals surface area contributed by atoms with Crippen LogP contribution in [0.3, 0.4) is 0 Å². The van der Waals surface area contributed by atoms with Crippen molar-refractivity contribution in [3.8, 4) is 0 Å². The maximum atomic E-state index is 13.1. The molecule has 0 saturated carbocycles. The fraction of sp³-hybridized carbons (Fsp3) is 0.350. The molecule has 0 aliphatic carbocycles. The van der Waals surface area contributed by atoms with E-state index in [4.69, 9.17) is 4.74 Å². The number of imidazole rings is 1. The lowest BCUT2D eigenvalue weighted by Crippen LogP contribution is -2.21. The van der Waals surface area contributed by atoms with E-state index in [1.165, 1.54) is 0 Å². The minimum Gasteiger partial charge on any atom is -0.478 e. The number of nitrogens with one attached hydrogen (secondary N) is 1. The van der Waals surface area contributed by atoms with E-state index in [0.717, 1.165) is 12.1 Å². The second-order valence-electron chi connectivity index (χ2n) is 8.26. The molecule has 3 rings (SSSR count). The van der Waals surface area contributed by atoms with E-state index in [9.17, 15) is 23.1 Å². The Bertz CT molecular complexity index is 1090. The van der Waals surface area contributed by atoms with Gasteiger partial charge in [0, 0.05) is 14.7 Å². The van der Waals surface area contributed by atoms with Crippen molar-refractivity contribution in [1.29, 1.82) is 0 Å². The number of hydrogen-bond donors (Lipinski definition) is 2. The zero-order chi connectivity index (χ0) is 22.8. The summed E-state index contributed by atoms with van der Waals surface area (Å²) in [6.45, 7) is 7.69. The average molecular weight is 453 g/mol. The van der Waals surface area contributed by atoms with E-state index in [1.807, 2.05) is 0 Å². The van der Waals surface area contributed by atoms with Crippen molar-refractivity contribution in [2.24, 2.45) is 0 Å². The molecule has 2 aromatic heterocycles. The molecule has 166 valence electrons. The van der Waals surface area contributed by atoms with Gasteiger partial charge in [0.1, 0.15) is 29.3 Å². The average Bonchev–Trinajstić information content (AvgIpc) is 3.08. The number of benzene rings is 1. The number of aromatic carboxylic acids is 1. The van der Waals surface area contributed by atoms with Crippen molar-refractivity contribution >= 4 is 36.6 Å². The van der Waals surface area contributed by atoms with Crippen LogP contribution in [0.15, 0.2) is 36.7 Å². The molecule has 0 saturated heterocycles. The van der Waals surface area contributed by atoms with Gasteiger partial charge in [-0.15, -0.1) is 0 Å². The fourth-order valence-corrected chi connectivity index (χ4v) is 3.60. The number of pyridine rings is 1. The SMILES string of the molecule is C[Si](C)(C)CCOCn1cnc2c(Nc3nc(C(F)(F)F)ccc3C(=O)O)cccc21. The molecule has 0 aliphatic heterocycles. The monoisotopic (exact) mass is 452 g/mol. The van der Waals surface area contributed by atoms with E-state index < -0.39 is 31.7 Å². The summed E-state index contributed by atoms with van der Waals surface area (Å²) in [5.74, 6) is -1.80. The Morgan fingerprint density at radius 3 is 2.61 bits per heavy atom. The van der Waals surface area contributed by atoms with Gasteiger partial charge in [-0.1, -0.05) is 25.7 Å². The van der Waals surface area contributed by atoms with Crippen LogP contribution in [0, 0.1) is 0 Å². The second kappa shape index (κ2) is 8.67. The zero-order valence-electron chi connectivity index (χ0n) is 17.3. The minimum atomic E-state index is -4.70. The first-order chi connectivity index (χ1) is 14.5. The molecule has 7 nitrogen and oxygen atoms in total. The summed E-state index contributed by atoms with van der Waals surface area (Å²) in [6.07, 6.45) is -3.13. The zero-order valence-corrected chi connectivity index (χ0v) is 18.3. The number of anilines is 2. The first-order valence-corrected chi connectivity index (χ1v) is 13.3. The summed E-state index contributed by atoms with van der Waals surface area (Å²) >= 11 is 0. The molecule has 1 aromatic carbocycles. The molecule has 31 heavy (non-hydrogen) atoms. The lowest BCUT2D eigenvalue weighted by molar-refractivity contribution is -0.141. The van der Waals surface area contributed by atoms with Crippen LogP contribution in [-0.2, 0) is 17.6 Å². The molecule has 0 amide bonds. The van der Waals surface area contributed by atoms with Crippen molar-refractivity contribution in [3.63, 3.8) is 0 Å². The highest BCUT2D eigenvalue weighted by Gasteiger charge is 2.33. The molecule has 11 heteroatoms. The van der Waals surface area contributed by atoms with Crippen LogP contribution in [0.25, 0.3) is 11.0 Å². The Balaban J connectivity index is 1.88. The number of nitrogens with zero attached hydrogens (tertiary/aromatic N) is 3. The number of ether oxygens (including phenoxy) is 1. The summed E-state index contributed by atoms with van der Waals surface area (Å²) in [5.41, 5.74) is -0.0611. The number of carboxylic acid groups (broad SMARTS) is 1. The number of rotatable bonds is 8. The number of fused-ring (bicyclic) bond motifs is 1. The highest BCUT2D eigenvalue weighted by Crippen LogP contribution is 2.32. The lowest BCUT2D eigenvalue weighted by atomic mass is 10.2. The van der Waals surface area contributed by atoms with E-state index in [-0.39, 0.29) is 12.3 Å². The van der Waals surface area contributed by atoms with Gasteiger partial charge in [-0.25, -0.2) is 14.8 Å². The third-order valence-corrected chi connectivity index (χ3v) is 6.25. The first kappa shape index (κ1) is 22.8. The summed E-state index contributed by atoms with van der Waals surface area (Å²) in [7, 11) is -1.21. The molecule has 0 bridgehead atoms. The van der Waals surface area contributed by atoms with Gasteiger partial charge in [0.25, 0.3) is 0 Å². The van der Waals surface area contributed by atoms with Crippen molar-refractivity contribution in [2.75, 3.05) is 11.9 Å². The predicted octanol–water partition coefficient (Wildman–Crippen LogP) is 5.20. The van der Waals surface area contributed by atoms with Gasteiger partial charge >= 0.3 is 12.1 Å². The van der Waals surface area contributed by atoms with Crippen molar-refractivity contribution in [3.05, 3.63) is 47.9 Å². The number of alkyl halides is 3. The Morgan fingerprint density at radius 2 is 1.97 bits per heavy atom. The third-order valence-electron chi connectivity index (χ3n) is 4.55. The standard InChI is InChI=1S/C20H23F3N4O3Si/c1-31(2,3)10-9-30-12-27-11-24-17-14(5-4-6-15(17)27)25-18-13(19(28)29)7-8-16(26-18)20(21,22)23/h4-8,11H,9-10,12H2,1-3H3,(H,25,26)(H,28,29). The van der Waals surface area contributed by atoms with Gasteiger partial charge in [-0.3, -0.25) is 0 Å². The number of carbonyl (C=O) groups is 1. The van der Waals surface area contributed by atoms with Crippen molar-refractivity contribution < 1.29 is 27.8 Å². The van der Waals surface area contributed by atoms with Crippen LogP contribution in [0.2, 0.25) is 25.7 Å². The molecule has 0 spiro atoms. The van der Waals surface area contributed by atoms with Crippen LogP contribution < -0.4 is 5.32 Å². The van der Waals surface area contributed by atoms with E-state index in [2.05, 4.69) is 34.9 Å². The normalized spacial score (nSPS) is 12.3. The Morgan fingerprint density at radius 1 is 1.23 bits per heavy atom. The van der Waals surface area contributed by atoms with Crippen molar-refractivity contribution in [2.45, 2.75) is 38.6 Å². The van der Waals surface area contributed by atoms with Crippen LogP contribution >= 0.6 is 0 Å². The third kappa shape index (κ3) is 5.61. The maximum Gasteiger partial charge on any atom is 0.433 e. The lowest BCUT2D eigenvalue weighted by Gasteiger charge is -2.15. The molecule has 0 unspecified atom stereocenters. The molecular formula is C20H23F3N4O3Si. The van der Waals surface area contributed by atoms with Gasteiger partial charge in [0.05, 0.1) is 17.5 Å². The number of para-hydroxylation sites is 1. The maximum absolute atomic E-state index is 13.1. The van der Waals surface area contributed by atoms with E-state index in [0.29, 0.717) is 29.4 Å². The number of hydrogen-bond acceptors (Lipinski definition) is 5. The Labute approximate surface area is 177 Å². The minimum absolute atomic E-state index is 0.284. The summed E-state index contributed by atoms with van der Waals surface area (Å²) < 4.78 is 46.7. The Kier molecular flexibility index (Phi) is 6.37. The van der Waals surface area contributed by atoms with Gasteiger partial charge in [0.15, 0.2) is 0 Å². The highest BCUT2D eigenvalue weighted by atomic mass is 28.3. The number of aromatic nitrogens is 3. The van der Waals surface area contributed by atoms with Crippen LogP contribution in [-0.4, -0.2) is 40.3 Å². The Hall–Kier alpha value is -2.92. The summed E-state index contributed by atoms with van der Waals surface area (Å²) in [5, 5.41) is 12.0. The molecular weight excluding hydrogens is 429 g/mol. The van der Waals surface area contributed by atoms with Gasteiger partial charge in [-0.05, 0) is 30.3 Å². The number of halogens is 3. The largest absolute Gasteiger partial charge is 0.478 e. The predicted molar refractivity (Wildman–Crippen MR) is 113 cm³/mol. The topological polar surface area (TPSA) is 89.3 Å². The molecule has 0 radical (unpaired) electrons. The summed E-state index contributed by atoms with van der Waals surface area (Å²) in [4.78, 5) is 19.3. The van der Waals surface area contributed by atoms with Gasteiger partial charge < -0.3 is 19.7 Å². The first-order valence-electron chi connectivity index (χ1n) is 9.56. The molecule has 2 N–H and O–H groups in total. The van der Waals surface area contributed by atoms with Crippen molar-refractivity contribution in [1.82, 2.24) is 14.5 Å². The van der Waals surface area contributed by atoms with Crippen LogP contribution in [0.5, 0.6) is 0 Å². The second-order valence-corrected chi connectivity index (χ2v) is 13.9. The molecule has 0 fully saturated rings. The molecule has 3 aromatic rings. The quantitative estimate of drug-likeness (QED) is 0.361. The van der Waals surface area contributed by atoms with E-state index in [1.54, 1.807) is 29.1 Å².